The molecule has 2 heterocycles. The molecule has 0 bridgehead atoms. The molecule has 1 aromatic heterocycles. The summed E-state index contributed by atoms with van der Waals surface area (Å²) in [6.45, 7) is 18.7. The zero-order chi connectivity index (χ0) is 18.5. The topological polar surface area (TPSA) is 37.8 Å². The second-order valence-electron chi connectivity index (χ2n) is 8.71. The summed E-state index contributed by atoms with van der Waals surface area (Å²) < 4.78 is 11.6. The zero-order valence-corrected chi connectivity index (χ0v) is 16.8. The molecule has 1 aliphatic heterocycles. The van der Waals surface area contributed by atoms with Crippen molar-refractivity contribution in [2.45, 2.75) is 59.2 Å². The Labute approximate surface area is 153 Å². The van der Waals surface area contributed by atoms with Crippen LogP contribution in [0.1, 0.15) is 48.0 Å². The van der Waals surface area contributed by atoms with Gasteiger partial charge in [0.15, 0.2) is 0 Å². The molecule has 5 nitrogen and oxygen atoms in total. The predicted octanol–water partition coefficient (Wildman–Crippen LogP) is 3.59. The van der Waals surface area contributed by atoms with E-state index in [4.69, 9.17) is 9.47 Å². The van der Waals surface area contributed by atoms with Crippen LogP contribution in [-0.4, -0.2) is 60.4 Å². The number of hydrogen-bond acceptors (Lipinski definition) is 5. The summed E-state index contributed by atoms with van der Waals surface area (Å²) in [5, 5.41) is 0. The molecule has 1 fully saturated rings. The molecule has 2 rings (SSSR count). The summed E-state index contributed by atoms with van der Waals surface area (Å²) in [4.78, 5) is 9.37. The number of ether oxygens (including phenoxy) is 2. The Morgan fingerprint density at radius 1 is 0.960 bits per heavy atom. The number of rotatable bonds is 6. The van der Waals surface area contributed by atoms with E-state index in [0.717, 1.165) is 45.8 Å². The van der Waals surface area contributed by atoms with Crippen LogP contribution in [-0.2, 0) is 4.74 Å². The Morgan fingerprint density at radius 2 is 1.64 bits per heavy atom. The van der Waals surface area contributed by atoms with Gasteiger partial charge in [-0.2, -0.15) is 0 Å². The molecule has 0 unspecified atom stereocenters. The Balaban J connectivity index is 1.72. The summed E-state index contributed by atoms with van der Waals surface area (Å²) in [7, 11) is 0. The highest BCUT2D eigenvalue weighted by Gasteiger charge is 2.18. The molecule has 142 valence electrons. The van der Waals surface area contributed by atoms with Crippen molar-refractivity contribution >= 4 is 5.69 Å². The first-order valence-corrected chi connectivity index (χ1v) is 9.39. The van der Waals surface area contributed by atoms with Gasteiger partial charge in [-0.1, -0.05) is 0 Å². The molecule has 0 aromatic carbocycles. The zero-order valence-electron chi connectivity index (χ0n) is 16.8. The fourth-order valence-corrected chi connectivity index (χ4v) is 2.83. The summed E-state index contributed by atoms with van der Waals surface area (Å²) in [6, 6.07) is 4.08. The molecule has 1 saturated heterocycles. The van der Waals surface area contributed by atoms with Gasteiger partial charge in [0.2, 0.25) is 5.88 Å². The largest absolute Gasteiger partial charge is 0.472 e. The van der Waals surface area contributed by atoms with Gasteiger partial charge in [0, 0.05) is 45.4 Å². The summed E-state index contributed by atoms with van der Waals surface area (Å²) in [5.74, 6) is 0.689. The molecule has 1 aliphatic rings. The van der Waals surface area contributed by atoms with E-state index in [1.807, 2.05) is 33.0 Å². The van der Waals surface area contributed by atoms with E-state index in [9.17, 15) is 0 Å². The molecule has 25 heavy (non-hydrogen) atoms. The highest BCUT2D eigenvalue weighted by Crippen LogP contribution is 2.21. The van der Waals surface area contributed by atoms with Gasteiger partial charge in [-0.3, -0.25) is 4.90 Å². The van der Waals surface area contributed by atoms with E-state index < -0.39 is 0 Å². The smallest absolute Gasteiger partial charge is 0.213 e. The van der Waals surface area contributed by atoms with Gasteiger partial charge in [-0.05, 0) is 54.0 Å². The van der Waals surface area contributed by atoms with Crippen LogP contribution in [0.3, 0.4) is 0 Å². The van der Waals surface area contributed by atoms with Gasteiger partial charge in [0.05, 0.1) is 17.5 Å². The van der Waals surface area contributed by atoms with Crippen molar-refractivity contribution in [3.05, 3.63) is 18.3 Å². The van der Waals surface area contributed by atoms with Gasteiger partial charge < -0.3 is 14.4 Å². The third-order valence-corrected chi connectivity index (χ3v) is 4.02. The highest BCUT2D eigenvalue weighted by atomic mass is 16.5. The van der Waals surface area contributed by atoms with Gasteiger partial charge in [0.25, 0.3) is 0 Å². The number of anilines is 1. The van der Waals surface area contributed by atoms with Crippen molar-refractivity contribution in [3.63, 3.8) is 0 Å². The lowest BCUT2D eigenvalue weighted by atomic mass is 10.2. The number of aromatic nitrogens is 1. The SMILES string of the molecule is CC(C)(C)OCCCN1CCN(c2ccc(OC(C)(C)C)nc2)CC1. The van der Waals surface area contributed by atoms with E-state index in [1.54, 1.807) is 0 Å². The maximum Gasteiger partial charge on any atom is 0.213 e. The third kappa shape index (κ3) is 7.61. The standard InChI is InChI=1S/C20H35N3O2/c1-19(2,3)24-15-7-10-22-11-13-23(14-12-22)17-8-9-18(21-16-17)25-20(4,5)6/h8-9,16H,7,10-15H2,1-6H3. The lowest BCUT2D eigenvalue weighted by Crippen LogP contribution is -2.46. The highest BCUT2D eigenvalue weighted by molar-refractivity contribution is 5.45. The van der Waals surface area contributed by atoms with Crippen LogP contribution in [0.2, 0.25) is 0 Å². The van der Waals surface area contributed by atoms with E-state index in [0.29, 0.717) is 5.88 Å². The fourth-order valence-electron chi connectivity index (χ4n) is 2.83. The van der Waals surface area contributed by atoms with Gasteiger partial charge in [-0.25, -0.2) is 4.98 Å². The molecule has 0 aliphatic carbocycles. The van der Waals surface area contributed by atoms with E-state index in [-0.39, 0.29) is 11.2 Å². The van der Waals surface area contributed by atoms with E-state index >= 15 is 0 Å². The fraction of sp³-hybridized carbons (Fsp3) is 0.750. The predicted molar refractivity (Wildman–Crippen MR) is 104 cm³/mol. The molecular formula is C20H35N3O2. The summed E-state index contributed by atoms with van der Waals surface area (Å²) in [5.41, 5.74) is 0.933. The summed E-state index contributed by atoms with van der Waals surface area (Å²) >= 11 is 0. The number of piperazine rings is 1. The van der Waals surface area contributed by atoms with Crippen molar-refractivity contribution < 1.29 is 9.47 Å². The summed E-state index contributed by atoms with van der Waals surface area (Å²) in [6.07, 6.45) is 3.02. The Bertz CT molecular complexity index is 509. The quantitative estimate of drug-likeness (QED) is 0.734. The Hall–Kier alpha value is -1.33. The minimum atomic E-state index is -0.211. The van der Waals surface area contributed by atoms with Crippen LogP contribution in [0.15, 0.2) is 18.3 Å². The first-order valence-electron chi connectivity index (χ1n) is 9.39. The van der Waals surface area contributed by atoms with Crippen LogP contribution >= 0.6 is 0 Å². The molecule has 0 spiro atoms. The van der Waals surface area contributed by atoms with Gasteiger partial charge >= 0.3 is 0 Å². The second-order valence-corrected chi connectivity index (χ2v) is 8.71. The monoisotopic (exact) mass is 349 g/mol. The molecule has 0 atom stereocenters. The molecular weight excluding hydrogens is 314 g/mol. The lowest BCUT2D eigenvalue weighted by molar-refractivity contribution is -0.00703. The van der Waals surface area contributed by atoms with Gasteiger partial charge in [-0.15, -0.1) is 0 Å². The normalized spacial score (nSPS) is 17.0. The third-order valence-electron chi connectivity index (χ3n) is 4.02. The van der Waals surface area contributed by atoms with Crippen LogP contribution in [0, 0.1) is 0 Å². The van der Waals surface area contributed by atoms with Crippen LogP contribution in [0.25, 0.3) is 0 Å². The lowest BCUT2D eigenvalue weighted by Gasteiger charge is -2.36. The first-order chi connectivity index (χ1) is 11.6. The molecule has 0 radical (unpaired) electrons. The molecule has 0 amide bonds. The van der Waals surface area contributed by atoms with E-state index in [2.05, 4.69) is 41.6 Å². The van der Waals surface area contributed by atoms with Crippen molar-refractivity contribution in [2.75, 3.05) is 44.2 Å². The minimum Gasteiger partial charge on any atom is -0.472 e. The van der Waals surface area contributed by atoms with Crippen molar-refractivity contribution in [1.82, 2.24) is 9.88 Å². The van der Waals surface area contributed by atoms with Crippen molar-refractivity contribution in [2.24, 2.45) is 0 Å². The second kappa shape index (κ2) is 8.37. The maximum atomic E-state index is 5.80. The molecule has 5 heteroatoms. The first kappa shape index (κ1) is 20.0. The van der Waals surface area contributed by atoms with Crippen LogP contribution in [0.5, 0.6) is 5.88 Å². The molecule has 0 N–H and O–H groups in total. The maximum absolute atomic E-state index is 5.80. The van der Waals surface area contributed by atoms with Crippen molar-refractivity contribution in [3.8, 4) is 5.88 Å². The van der Waals surface area contributed by atoms with Crippen LogP contribution < -0.4 is 9.64 Å². The van der Waals surface area contributed by atoms with Crippen molar-refractivity contribution in [1.29, 1.82) is 0 Å². The van der Waals surface area contributed by atoms with Gasteiger partial charge in [0.1, 0.15) is 5.60 Å². The van der Waals surface area contributed by atoms with E-state index in [1.165, 1.54) is 5.69 Å². The number of pyridine rings is 1. The Kier molecular flexibility index (Phi) is 6.69. The number of nitrogens with zero attached hydrogens (tertiary/aromatic N) is 3. The van der Waals surface area contributed by atoms with Crippen LogP contribution in [0.4, 0.5) is 5.69 Å². The minimum absolute atomic E-state index is 0.0332. The Morgan fingerprint density at radius 3 is 2.16 bits per heavy atom. The molecule has 0 saturated carbocycles. The molecule has 1 aromatic rings. The average molecular weight is 350 g/mol. The average Bonchev–Trinajstić information content (AvgIpc) is 2.51. The number of hydrogen-bond donors (Lipinski definition) is 0.